The molecule has 90 valence electrons. The van der Waals surface area contributed by atoms with Crippen LogP contribution in [0.15, 0.2) is 30.3 Å². The molecular weight excluding hydrogens is 228 g/mol. The van der Waals surface area contributed by atoms with Gasteiger partial charge >= 0.3 is 0 Å². The van der Waals surface area contributed by atoms with Crippen molar-refractivity contribution >= 4 is 27.6 Å². The van der Waals surface area contributed by atoms with Crippen LogP contribution in [-0.2, 0) is 6.61 Å². The second-order valence-electron chi connectivity index (χ2n) is 4.27. The number of pyridine rings is 1. The van der Waals surface area contributed by atoms with E-state index in [2.05, 4.69) is 9.97 Å². The van der Waals surface area contributed by atoms with Crippen LogP contribution in [-0.4, -0.2) is 20.9 Å². The number of carbonyl (C=O) groups is 1. The van der Waals surface area contributed by atoms with Crippen LogP contribution < -0.4 is 0 Å². The summed E-state index contributed by atoms with van der Waals surface area (Å²) in [4.78, 5) is 19.0. The smallest absolute Gasteiger partial charge is 0.180 e. The van der Waals surface area contributed by atoms with Crippen molar-refractivity contribution in [1.29, 1.82) is 0 Å². The molecule has 2 heterocycles. The molecule has 4 nitrogen and oxygen atoms in total. The average Bonchev–Trinajstić information content (AvgIpc) is 2.75. The number of nitrogens with one attached hydrogen (secondary N) is 1. The lowest BCUT2D eigenvalue weighted by Crippen LogP contribution is -2.01. The number of Topliss-reactive ketones (excluding diaryl/α,β-unsaturated/α-hetero) is 1. The first kappa shape index (κ1) is 10.9. The highest BCUT2D eigenvalue weighted by atomic mass is 16.3. The molecule has 18 heavy (non-hydrogen) atoms. The number of para-hydroxylation sites is 1. The van der Waals surface area contributed by atoms with Crippen molar-refractivity contribution in [3.8, 4) is 0 Å². The molecule has 2 aromatic heterocycles. The number of ketones is 1. The Kier molecular flexibility index (Phi) is 2.38. The van der Waals surface area contributed by atoms with E-state index in [-0.39, 0.29) is 12.4 Å². The van der Waals surface area contributed by atoms with Gasteiger partial charge < -0.3 is 10.1 Å². The quantitative estimate of drug-likeness (QED) is 0.676. The number of H-pyrrole nitrogens is 1. The van der Waals surface area contributed by atoms with Gasteiger partial charge in [-0.25, -0.2) is 4.98 Å². The summed E-state index contributed by atoms with van der Waals surface area (Å²) >= 11 is 0. The fourth-order valence-electron chi connectivity index (χ4n) is 2.23. The largest absolute Gasteiger partial charge is 0.390 e. The molecule has 0 aliphatic heterocycles. The molecule has 0 bridgehead atoms. The highest BCUT2D eigenvalue weighted by molar-refractivity contribution is 6.14. The normalized spacial score (nSPS) is 11.2. The first-order chi connectivity index (χ1) is 8.70. The van der Waals surface area contributed by atoms with Crippen molar-refractivity contribution in [1.82, 2.24) is 9.97 Å². The van der Waals surface area contributed by atoms with Gasteiger partial charge in [-0.15, -0.1) is 0 Å². The number of aliphatic hydroxyl groups is 1. The number of aromatic nitrogens is 2. The topological polar surface area (TPSA) is 66.0 Å². The number of rotatable bonds is 2. The Morgan fingerprint density at radius 1 is 1.33 bits per heavy atom. The first-order valence-corrected chi connectivity index (χ1v) is 5.73. The minimum atomic E-state index is -0.171. The van der Waals surface area contributed by atoms with Crippen LogP contribution in [0.25, 0.3) is 21.8 Å². The van der Waals surface area contributed by atoms with E-state index >= 15 is 0 Å². The molecule has 0 saturated heterocycles. The van der Waals surface area contributed by atoms with Crippen LogP contribution in [0.3, 0.4) is 0 Å². The second kappa shape index (κ2) is 3.92. The van der Waals surface area contributed by atoms with E-state index in [4.69, 9.17) is 0 Å². The molecule has 4 heteroatoms. The molecule has 1 aromatic carbocycles. The zero-order chi connectivity index (χ0) is 12.7. The summed E-state index contributed by atoms with van der Waals surface area (Å²) in [7, 11) is 0. The lowest BCUT2D eigenvalue weighted by atomic mass is 10.1. The van der Waals surface area contributed by atoms with Crippen LogP contribution in [0.1, 0.15) is 23.1 Å². The Balaban J connectivity index is 2.50. The SMILES string of the molecule is CC(=O)c1nc(CO)cc2c1[nH]c1ccccc12. The molecular formula is C14H12N2O2. The Morgan fingerprint density at radius 3 is 2.83 bits per heavy atom. The maximum Gasteiger partial charge on any atom is 0.180 e. The number of benzene rings is 1. The number of fused-ring (bicyclic) bond motifs is 3. The van der Waals surface area contributed by atoms with E-state index in [1.165, 1.54) is 6.92 Å². The van der Waals surface area contributed by atoms with Crippen molar-refractivity contribution in [2.45, 2.75) is 13.5 Å². The van der Waals surface area contributed by atoms with Crippen LogP contribution in [0.5, 0.6) is 0 Å². The predicted octanol–water partition coefficient (Wildman–Crippen LogP) is 2.41. The molecule has 0 aliphatic rings. The summed E-state index contributed by atoms with van der Waals surface area (Å²) in [6.07, 6.45) is 0. The van der Waals surface area contributed by atoms with Crippen molar-refractivity contribution in [2.75, 3.05) is 0 Å². The lowest BCUT2D eigenvalue weighted by molar-refractivity contribution is 0.101. The zero-order valence-electron chi connectivity index (χ0n) is 9.90. The summed E-state index contributed by atoms with van der Waals surface area (Å²) < 4.78 is 0. The number of hydrogen-bond donors (Lipinski definition) is 2. The molecule has 0 radical (unpaired) electrons. The third kappa shape index (κ3) is 1.50. The predicted molar refractivity (Wildman–Crippen MR) is 69.5 cm³/mol. The van der Waals surface area contributed by atoms with Gasteiger partial charge in [-0.05, 0) is 12.1 Å². The van der Waals surface area contributed by atoms with Gasteiger partial charge in [-0.1, -0.05) is 18.2 Å². The Bertz CT molecular complexity index is 759. The van der Waals surface area contributed by atoms with E-state index in [0.717, 1.165) is 21.8 Å². The maximum absolute atomic E-state index is 11.6. The summed E-state index contributed by atoms with van der Waals surface area (Å²) in [6.45, 7) is 1.31. The molecule has 2 N–H and O–H groups in total. The second-order valence-corrected chi connectivity index (χ2v) is 4.27. The van der Waals surface area contributed by atoms with Crippen LogP contribution >= 0.6 is 0 Å². The van der Waals surface area contributed by atoms with Crippen molar-refractivity contribution in [3.63, 3.8) is 0 Å². The van der Waals surface area contributed by atoms with Gasteiger partial charge in [0.15, 0.2) is 5.78 Å². The van der Waals surface area contributed by atoms with E-state index < -0.39 is 0 Å². The number of nitrogens with zero attached hydrogens (tertiary/aromatic N) is 1. The van der Waals surface area contributed by atoms with E-state index in [9.17, 15) is 9.90 Å². The monoisotopic (exact) mass is 240 g/mol. The molecule has 0 aliphatic carbocycles. The maximum atomic E-state index is 11.6. The Hall–Kier alpha value is -2.20. The van der Waals surface area contributed by atoms with Gasteiger partial charge in [0.25, 0.3) is 0 Å². The van der Waals surface area contributed by atoms with Gasteiger partial charge in [0.05, 0.1) is 17.8 Å². The van der Waals surface area contributed by atoms with Gasteiger partial charge in [0, 0.05) is 23.2 Å². The third-order valence-corrected chi connectivity index (χ3v) is 3.04. The fourth-order valence-corrected chi connectivity index (χ4v) is 2.23. The molecule has 0 spiro atoms. The van der Waals surface area contributed by atoms with E-state index in [1.807, 2.05) is 30.3 Å². The number of aliphatic hydroxyl groups excluding tert-OH is 1. The highest BCUT2D eigenvalue weighted by Crippen LogP contribution is 2.27. The van der Waals surface area contributed by atoms with Gasteiger partial charge in [0.2, 0.25) is 0 Å². The zero-order valence-corrected chi connectivity index (χ0v) is 9.90. The van der Waals surface area contributed by atoms with Crippen molar-refractivity contribution in [3.05, 3.63) is 41.7 Å². The summed E-state index contributed by atoms with van der Waals surface area (Å²) in [5, 5.41) is 11.2. The third-order valence-electron chi connectivity index (χ3n) is 3.04. The van der Waals surface area contributed by atoms with Gasteiger partial charge in [0.1, 0.15) is 5.69 Å². The summed E-state index contributed by atoms with van der Waals surface area (Å²) in [5.74, 6) is -0.109. The molecule has 3 rings (SSSR count). The summed E-state index contributed by atoms with van der Waals surface area (Å²) in [5.41, 5.74) is 2.60. The van der Waals surface area contributed by atoms with Crippen LogP contribution in [0.2, 0.25) is 0 Å². The first-order valence-electron chi connectivity index (χ1n) is 5.73. The van der Waals surface area contributed by atoms with Gasteiger partial charge in [-0.2, -0.15) is 0 Å². The van der Waals surface area contributed by atoms with Crippen LogP contribution in [0.4, 0.5) is 0 Å². The van der Waals surface area contributed by atoms with Crippen LogP contribution in [0, 0.1) is 0 Å². The minimum Gasteiger partial charge on any atom is -0.390 e. The molecule has 0 fully saturated rings. The van der Waals surface area contributed by atoms with E-state index in [0.29, 0.717) is 11.4 Å². The van der Waals surface area contributed by atoms with Crippen molar-refractivity contribution in [2.24, 2.45) is 0 Å². The number of carbonyl (C=O) groups excluding carboxylic acids is 1. The van der Waals surface area contributed by atoms with E-state index in [1.54, 1.807) is 0 Å². The fraction of sp³-hybridized carbons (Fsp3) is 0.143. The Morgan fingerprint density at radius 2 is 2.11 bits per heavy atom. The molecule has 3 aromatic rings. The number of hydrogen-bond acceptors (Lipinski definition) is 3. The minimum absolute atomic E-state index is 0.109. The van der Waals surface area contributed by atoms with Gasteiger partial charge in [-0.3, -0.25) is 4.79 Å². The summed E-state index contributed by atoms with van der Waals surface area (Å²) in [6, 6.07) is 9.64. The standard InChI is InChI=1S/C14H12N2O2/c1-8(18)13-14-11(6-9(7-17)15-13)10-4-2-3-5-12(10)16-14/h2-6,16-17H,7H2,1H3. The molecule has 0 amide bonds. The Labute approximate surface area is 103 Å². The molecule has 0 saturated carbocycles. The molecule has 0 unspecified atom stereocenters. The van der Waals surface area contributed by atoms with Crippen molar-refractivity contribution < 1.29 is 9.90 Å². The highest BCUT2D eigenvalue weighted by Gasteiger charge is 2.14. The molecule has 0 atom stereocenters. The number of aromatic amines is 1. The lowest BCUT2D eigenvalue weighted by Gasteiger charge is -2.01. The average molecular weight is 240 g/mol.